The van der Waals surface area contributed by atoms with Gasteiger partial charge in [0.25, 0.3) is 0 Å². The van der Waals surface area contributed by atoms with E-state index in [1.807, 2.05) is 0 Å². The van der Waals surface area contributed by atoms with Gasteiger partial charge in [0.15, 0.2) is 12.4 Å². The third-order valence-electron chi connectivity index (χ3n) is 6.71. The Morgan fingerprint density at radius 1 is 1.17 bits per heavy atom. The van der Waals surface area contributed by atoms with Gasteiger partial charge in [-0.05, 0) is 0 Å². The molecule has 1 fully saturated rings. The summed E-state index contributed by atoms with van der Waals surface area (Å²) in [5, 5.41) is 28.7. The average Bonchev–Trinajstić information content (AvgIpc) is 3.54. The number of fused-ring (bicyclic) bond motifs is 1. The van der Waals surface area contributed by atoms with E-state index in [1.54, 1.807) is 0 Å². The number of rotatable bonds is 18. The van der Waals surface area contributed by atoms with Crippen LogP contribution in [0.2, 0.25) is 0 Å². The van der Waals surface area contributed by atoms with Gasteiger partial charge in [0.1, 0.15) is 35.9 Å². The Bertz CT molecular complexity index is 1430. The van der Waals surface area contributed by atoms with Gasteiger partial charge in [-0.15, -0.1) is 0 Å². The number of thiol groups is 1. The molecule has 48 heavy (non-hydrogen) atoms. The van der Waals surface area contributed by atoms with E-state index >= 15 is 0 Å². The van der Waals surface area contributed by atoms with Gasteiger partial charge in [0.05, 0.1) is 25.9 Å². The van der Waals surface area contributed by atoms with Crippen LogP contribution in [0.25, 0.3) is 0 Å². The number of aliphatic imine (C=N–C) groups is 2. The molecule has 27 heteroatoms. The molecule has 0 aromatic heterocycles. The number of nitrogens with two attached hydrogens (primary N) is 1. The third-order valence-corrected chi connectivity index (χ3v) is 10.0. The number of phosphoric ester groups is 3. The Morgan fingerprint density at radius 2 is 1.83 bits per heavy atom. The normalized spacial score (nSPS) is 27.2. The van der Waals surface area contributed by atoms with Crippen molar-refractivity contribution in [2.75, 3.05) is 32.1 Å². The summed E-state index contributed by atoms with van der Waals surface area (Å²) >= 11 is 3.95. The third kappa shape index (κ3) is 11.3. The molecule has 2 amide bonds. The molecule has 3 aliphatic rings. The van der Waals surface area contributed by atoms with Crippen molar-refractivity contribution in [3.63, 3.8) is 0 Å². The van der Waals surface area contributed by atoms with Gasteiger partial charge in [-0.1, -0.05) is 13.8 Å². The molecular weight excluding hydrogens is 731 g/mol. The number of hydrogen-bond acceptors (Lipinski definition) is 18. The molecule has 0 spiro atoms. The number of hydrogen-bond donors (Lipinski definition) is 11. The summed E-state index contributed by atoms with van der Waals surface area (Å²) in [6.45, 7) is 0.754. The minimum atomic E-state index is -5.53. The van der Waals surface area contributed by atoms with Crippen LogP contribution in [0.1, 0.15) is 20.3 Å². The van der Waals surface area contributed by atoms with Crippen LogP contribution in [0, 0.1) is 5.41 Å². The summed E-state index contributed by atoms with van der Waals surface area (Å²) in [5.41, 5.74) is 4.48. The predicted octanol–water partition coefficient (Wildman–Crippen LogP) is -2.83. The molecule has 0 radical (unpaired) electrons. The average molecular weight is 770 g/mol. The van der Waals surface area contributed by atoms with Crippen molar-refractivity contribution in [3.8, 4) is 0 Å². The second-order valence-electron chi connectivity index (χ2n) is 11.0. The van der Waals surface area contributed by atoms with E-state index in [2.05, 4.69) is 47.4 Å². The van der Waals surface area contributed by atoms with E-state index in [9.17, 15) is 53.1 Å². The molecule has 274 valence electrons. The van der Waals surface area contributed by atoms with Crippen LogP contribution >= 0.6 is 36.1 Å². The molecule has 3 unspecified atom stereocenters. The van der Waals surface area contributed by atoms with E-state index in [4.69, 9.17) is 19.5 Å². The second-order valence-corrected chi connectivity index (χ2v) is 15.7. The number of nitrogens with one attached hydrogen (secondary N) is 3. The number of phosphoric acid groups is 3. The first kappa shape index (κ1) is 40.4. The zero-order valence-corrected chi connectivity index (χ0v) is 28.9. The minimum absolute atomic E-state index is 0.0982. The molecule has 3 aliphatic heterocycles. The highest BCUT2D eigenvalue weighted by Crippen LogP contribution is 2.61. The molecular formula is C21H38N7O16P3S. The summed E-state index contributed by atoms with van der Waals surface area (Å²) in [4.78, 5) is 72.3. The second kappa shape index (κ2) is 16.4. The van der Waals surface area contributed by atoms with E-state index in [0.717, 1.165) is 0 Å². The predicted molar refractivity (Wildman–Crippen MR) is 165 cm³/mol. The van der Waals surface area contributed by atoms with Crippen LogP contribution in [0.15, 0.2) is 21.5 Å². The maximum Gasteiger partial charge on any atom is 0.481 e. The van der Waals surface area contributed by atoms with Crippen molar-refractivity contribution >= 4 is 60.6 Å². The summed E-state index contributed by atoms with van der Waals surface area (Å²) in [5.74, 6) is -0.775. The summed E-state index contributed by atoms with van der Waals surface area (Å²) in [6, 6.07) is 0. The fourth-order valence-corrected chi connectivity index (χ4v) is 7.25. The van der Waals surface area contributed by atoms with Crippen molar-refractivity contribution in [2.45, 2.75) is 57.1 Å². The van der Waals surface area contributed by atoms with Crippen molar-refractivity contribution in [2.24, 2.45) is 21.1 Å². The Hall–Kier alpha value is -1.98. The van der Waals surface area contributed by atoms with E-state index in [1.165, 1.54) is 31.4 Å². The number of carbonyl (C=O) groups excluding carboxylic acids is 2. The lowest BCUT2D eigenvalue weighted by atomic mass is 9.87. The molecule has 0 aliphatic carbocycles. The first-order valence-electron chi connectivity index (χ1n) is 13.8. The fraction of sp³-hybridized carbons (Fsp3) is 0.714. The Kier molecular flexibility index (Phi) is 13.8. The van der Waals surface area contributed by atoms with Crippen LogP contribution in [0.3, 0.4) is 0 Å². The number of ether oxygens (including phenoxy) is 1. The van der Waals surface area contributed by atoms with Gasteiger partial charge in [-0.3, -0.25) is 23.2 Å². The van der Waals surface area contributed by atoms with Gasteiger partial charge in [0.2, 0.25) is 11.8 Å². The van der Waals surface area contributed by atoms with Crippen molar-refractivity contribution < 1.29 is 75.7 Å². The van der Waals surface area contributed by atoms with Crippen LogP contribution in [-0.4, -0.2) is 128 Å². The number of nitrogens with zero attached hydrogens (tertiary/aromatic N) is 3. The molecule has 0 aromatic carbocycles. The lowest BCUT2D eigenvalue weighted by Crippen LogP contribution is -2.48. The topological polar surface area (TPSA) is 343 Å². The maximum atomic E-state index is 12.6. The van der Waals surface area contributed by atoms with Gasteiger partial charge in [0, 0.05) is 30.7 Å². The highest BCUT2D eigenvalue weighted by molar-refractivity contribution is 7.80. The molecule has 0 bridgehead atoms. The molecule has 3 rings (SSSR count). The molecule has 23 nitrogen and oxygen atoms in total. The summed E-state index contributed by atoms with van der Waals surface area (Å²) in [6.07, 6.45) is -7.31. The Labute approximate surface area is 278 Å². The molecule has 1 saturated heterocycles. The first-order chi connectivity index (χ1) is 22.2. The van der Waals surface area contributed by atoms with E-state index in [0.29, 0.717) is 12.3 Å². The monoisotopic (exact) mass is 769 g/mol. The highest BCUT2D eigenvalue weighted by atomic mass is 32.1. The number of amides is 2. The molecule has 8 atom stereocenters. The summed E-state index contributed by atoms with van der Waals surface area (Å²) in [7, 11) is -16.3. The SMILES string of the molecule is CC(C)(COP(=O)(O)OP(=O)(O)OC[C@H]1O[C@@H](N2C=NC3=C(N)NC=NC32)[C@@H](O)[C@@H]1OP(=O)(O)O)[C@@H](O)C(=O)NCCC(=O)NCCS. The van der Waals surface area contributed by atoms with Gasteiger partial charge in [-0.2, -0.15) is 16.9 Å². The van der Waals surface area contributed by atoms with E-state index in [-0.39, 0.29) is 30.4 Å². The number of aliphatic hydroxyl groups is 2. The van der Waals surface area contributed by atoms with E-state index < -0.39 is 84.8 Å². The van der Waals surface area contributed by atoms with Crippen LogP contribution in [0.5, 0.6) is 0 Å². The zero-order valence-electron chi connectivity index (χ0n) is 25.3. The van der Waals surface area contributed by atoms with Gasteiger partial charge in [-0.25, -0.2) is 23.7 Å². The lowest BCUT2D eigenvalue weighted by molar-refractivity contribution is -0.137. The van der Waals surface area contributed by atoms with Gasteiger partial charge >= 0.3 is 23.5 Å². The fourth-order valence-electron chi connectivity index (χ4n) is 4.31. The zero-order chi connectivity index (χ0) is 36.1. The lowest BCUT2D eigenvalue weighted by Gasteiger charge is -2.30. The first-order valence-corrected chi connectivity index (χ1v) is 19.0. The molecule has 3 heterocycles. The van der Waals surface area contributed by atoms with Crippen LogP contribution < -0.4 is 21.7 Å². The van der Waals surface area contributed by atoms with Crippen molar-refractivity contribution in [1.29, 1.82) is 0 Å². The minimum Gasteiger partial charge on any atom is -0.386 e. The molecule has 0 saturated carbocycles. The Balaban J connectivity index is 1.58. The quantitative estimate of drug-likeness (QED) is 0.0494. The maximum absolute atomic E-state index is 12.6. The van der Waals surface area contributed by atoms with Crippen LogP contribution in [0.4, 0.5) is 0 Å². The molecule has 0 aromatic rings. The standard InChI is InChI=1S/C21H38N7O16P3S/c1-21(2,16(31)19(32)24-4-3-12(29)23-5-6-48)8-41-47(38,39)44-46(36,37)40-7-11-15(43-45(33,34)35)14(30)20(42-11)28-10-27-13-17(22)25-9-26-18(13)28/h9-11,14-16,18,20,30-31,48H,3-8,22H2,1-2H3,(H,23,29)(H,24,32)(H,25,26)(H,36,37)(H,38,39)(H2,33,34,35)/t11-,14+,15-,16+,18?,20-/m1/s1. The molecule has 11 N–H and O–H groups in total. The number of carbonyl (C=O) groups is 2. The van der Waals surface area contributed by atoms with Crippen molar-refractivity contribution in [1.82, 2.24) is 20.9 Å². The summed E-state index contributed by atoms with van der Waals surface area (Å²) < 4.78 is 60.7. The number of aliphatic hydroxyl groups excluding tert-OH is 2. The van der Waals surface area contributed by atoms with Crippen molar-refractivity contribution in [3.05, 3.63) is 11.5 Å². The van der Waals surface area contributed by atoms with Crippen LogP contribution in [-0.2, 0) is 45.9 Å². The smallest absolute Gasteiger partial charge is 0.386 e. The highest BCUT2D eigenvalue weighted by Gasteiger charge is 2.53. The largest absolute Gasteiger partial charge is 0.481 e. The van der Waals surface area contributed by atoms with Gasteiger partial charge < -0.3 is 61.1 Å². The Morgan fingerprint density at radius 3 is 2.48 bits per heavy atom.